The number of hydrogen-bond donors (Lipinski definition) is 1. The largest absolute Gasteiger partial charge is 0.497 e. The van der Waals surface area contributed by atoms with Gasteiger partial charge in [-0.1, -0.05) is 11.6 Å². The highest BCUT2D eigenvalue weighted by Gasteiger charge is 2.10. The Labute approximate surface area is 166 Å². The first-order valence-corrected chi connectivity index (χ1v) is 8.63. The number of nitrogens with one attached hydrogen (secondary N) is 1. The predicted molar refractivity (Wildman–Crippen MR) is 108 cm³/mol. The summed E-state index contributed by atoms with van der Waals surface area (Å²) in [5.41, 5.74) is 4.12. The third-order valence-electron chi connectivity index (χ3n) is 4.02. The summed E-state index contributed by atoms with van der Waals surface area (Å²) < 4.78 is 15.5. The van der Waals surface area contributed by atoms with Gasteiger partial charge in [-0.2, -0.15) is 5.10 Å². The molecule has 1 aromatic heterocycles. The van der Waals surface area contributed by atoms with Gasteiger partial charge < -0.3 is 14.2 Å². The number of carbonyl (C=O) groups excluding carboxylic acids is 1. The van der Waals surface area contributed by atoms with Gasteiger partial charge in [0.15, 0.2) is 11.5 Å². The van der Waals surface area contributed by atoms with Gasteiger partial charge in [0, 0.05) is 22.6 Å². The normalized spacial score (nSPS) is 10.9. The van der Waals surface area contributed by atoms with Crippen molar-refractivity contribution in [1.82, 2.24) is 10.4 Å². The highest BCUT2D eigenvalue weighted by molar-refractivity contribution is 6.32. The van der Waals surface area contributed by atoms with Gasteiger partial charge in [-0.05, 0) is 36.4 Å². The lowest BCUT2D eigenvalue weighted by Gasteiger charge is -2.08. The molecule has 3 rings (SSSR count). The minimum Gasteiger partial charge on any atom is -0.497 e. The molecule has 0 radical (unpaired) electrons. The summed E-state index contributed by atoms with van der Waals surface area (Å²) in [7, 11) is 4.62. The molecule has 0 saturated heterocycles. The van der Waals surface area contributed by atoms with Crippen LogP contribution in [0.2, 0.25) is 5.15 Å². The van der Waals surface area contributed by atoms with E-state index < -0.39 is 5.91 Å². The van der Waals surface area contributed by atoms with E-state index in [1.807, 2.05) is 18.2 Å². The van der Waals surface area contributed by atoms with Gasteiger partial charge in [-0.25, -0.2) is 10.4 Å². The standard InChI is InChI=1S/C20H18ClN3O4/c1-26-15-6-4-12-8-14(19(21)23-16(12)10-15)11-22-24-20(25)13-5-7-17(27-2)18(9-13)28-3/h4-11H,1-3H3,(H,24,25)/b22-11+. The van der Waals surface area contributed by atoms with Crippen molar-refractivity contribution in [3.8, 4) is 17.2 Å². The lowest BCUT2D eigenvalue weighted by Crippen LogP contribution is -2.17. The average Bonchev–Trinajstić information content (AvgIpc) is 2.72. The fourth-order valence-electron chi connectivity index (χ4n) is 2.56. The smallest absolute Gasteiger partial charge is 0.271 e. The first kappa shape index (κ1) is 19.4. The fraction of sp³-hybridized carbons (Fsp3) is 0.150. The molecule has 1 heterocycles. The molecule has 0 atom stereocenters. The Balaban J connectivity index is 1.77. The van der Waals surface area contributed by atoms with Crippen LogP contribution >= 0.6 is 11.6 Å². The highest BCUT2D eigenvalue weighted by atomic mass is 35.5. The van der Waals surface area contributed by atoms with E-state index >= 15 is 0 Å². The molecule has 0 aliphatic rings. The molecule has 8 heteroatoms. The Morgan fingerprint density at radius 2 is 1.82 bits per heavy atom. The first-order chi connectivity index (χ1) is 13.5. The van der Waals surface area contributed by atoms with Crippen LogP contribution in [0, 0.1) is 0 Å². The number of hydrogen-bond acceptors (Lipinski definition) is 6. The third-order valence-corrected chi connectivity index (χ3v) is 4.32. The van der Waals surface area contributed by atoms with E-state index in [1.54, 1.807) is 31.4 Å². The van der Waals surface area contributed by atoms with E-state index in [9.17, 15) is 4.79 Å². The number of aromatic nitrogens is 1. The van der Waals surface area contributed by atoms with Gasteiger partial charge >= 0.3 is 0 Å². The quantitative estimate of drug-likeness (QED) is 0.388. The van der Waals surface area contributed by atoms with Crippen LogP contribution in [0.3, 0.4) is 0 Å². The number of hydrazone groups is 1. The molecule has 7 nitrogen and oxygen atoms in total. The zero-order valence-corrected chi connectivity index (χ0v) is 16.3. The predicted octanol–water partition coefficient (Wildman–Crippen LogP) is 3.68. The molecule has 0 fully saturated rings. The zero-order valence-electron chi connectivity index (χ0n) is 15.5. The molecule has 1 amide bonds. The molecule has 1 N–H and O–H groups in total. The molecule has 0 spiro atoms. The van der Waals surface area contributed by atoms with Crippen molar-refractivity contribution in [2.24, 2.45) is 5.10 Å². The lowest BCUT2D eigenvalue weighted by atomic mass is 10.1. The van der Waals surface area contributed by atoms with Gasteiger partial charge in [0.05, 0.1) is 33.1 Å². The molecule has 0 unspecified atom stereocenters. The Morgan fingerprint density at radius 1 is 1.04 bits per heavy atom. The topological polar surface area (TPSA) is 82.0 Å². The van der Waals surface area contributed by atoms with E-state index in [0.717, 1.165) is 5.39 Å². The molecule has 28 heavy (non-hydrogen) atoms. The summed E-state index contributed by atoms with van der Waals surface area (Å²) in [6.45, 7) is 0. The van der Waals surface area contributed by atoms with Crippen LogP contribution in [-0.4, -0.2) is 38.4 Å². The molecular weight excluding hydrogens is 382 g/mol. The number of benzene rings is 2. The van der Waals surface area contributed by atoms with Crippen molar-refractivity contribution in [2.75, 3.05) is 21.3 Å². The first-order valence-electron chi connectivity index (χ1n) is 8.25. The van der Waals surface area contributed by atoms with Crippen molar-refractivity contribution in [3.63, 3.8) is 0 Å². The van der Waals surface area contributed by atoms with Crippen LogP contribution < -0.4 is 19.6 Å². The Kier molecular flexibility index (Phi) is 5.96. The monoisotopic (exact) mass is 399 g/mol. The number of amides is 1. The molecule has 0 saturated carbocycles. The summed E-state index contributed by atoms with van der Waals surface area (Å²) in [4.78, 5) is 16.6. The minimum absolute atomic E-state index is 0.268. The maximum atomic E-state index is 12.3. The van der Waals surface area contributed by atoms with E-state index in [1.165, 1.54) is 20.4 Å². The Morgan fingerprint density at radius 3 is 2.54 bits per heavy atom. The van der Waals surface area contributed by atoms with E-state index in [4.69, 9.17) is 25.8 Å². The second kappa shape index (κ2) is 8.58. The molecular formula is C20H18ClN3O4. The summed E-state index contributed by atoms with van der Waals surface area (Å²) in [6.07, 6.45) is 1.44. The van der Waals surface area contributed by atoms with Crippen LogP contribution in [0.25, 0.3) is 10.9 Å². The van der Waals surface area contributed by atoms with Crippen molar-refractivity contribution < 1.29 is 19.0 Å². The van der Waals surface area contributed by atoms with Crippen LogP contribution in [0.1, 0.15) is 15.9 Å². The van der Waals surface area contributed by atoms with Gasteiger partial charge in [0.25, 0.3) is 5.91 Å². The number of nitrogens with zero attached hydrogens (tertiary/aromatic N) is 2. The summed E-state index contributed by atoms with van der Waals surface area (Å²) in [5.74, 6) is 1.29. The number of methoxy groups -OCH3 is 3. The molecule has 0 bridgehead atoms. The number of rotatable bonds is 6. The zero-order chi connectivity index (χ0) is 20.1. The van der Waals surface area contributed by atoms with Gasteiger partial charge in [0.1, 0.15) is 10.9 Å². The Bertz CT molecular complexity index is 1050. The fourth-order valence-corrected chi connectivity index (χ4v) is 2.75. The van der Waals surface area contributed by atoms with Crippen molar-refractivity contribution >= 4 is 34.6 Å². The van der Waals surface area contributed by atoms with Gasteiger partial charge in [-0.15, -0.1) is 0 Å². The summed E-state index contributed by atoms with van der Waals surface area (Å²) in [6, 6.07) is 12.2. The highest BCUT2D eigenvalue weighted by Crippen LogP contribution is 2.27. The Hall–Kier alpha value is -3.32. The molecule has 0 aliphatic heterocycles. The van der Waals surface area contributed by atoms with Crippen molar-refractivity contribution in [1.29, 1.82) is 0 Å². The third kappa shape index (κ3) is 4.15. The SMILES string of the molecule is COc1ccc2cc(/C=N/NC(=O)c3ccc(OC)c(OC)c3)c(Cl)nc2c1. The minimum atomic E-state index is -0.396. The van der Waals surface area contributed by atoms with Crippen LogP contribution in [0.4, 0.5) is 0 Å². The number of pyridine rings is 1. The number of fused-ring (bicyclic) bond motifs is 1. The van der Waals surface area contributed by atoms with Crippen molar-refractivity contribution in [2.45, 2.75) is 0 Å². The number of carbonyl (C=O) groups is 1. The van der Waals surface area contributed by atoms with Crippen LogP contribution in [-0.2, 0) is 0 Å². The molecule has 2 aromatic carbocycles. The van der Waals surface area contributed by atoms with E-state index in [0.29, 0.717) is 33.9 Å². The van der Waals surface area contributed by atoms with E-state index in [-0.39, 0.29) is 5.15 Å². The number of ether oxygens (including phenoxy) is 3. The van der Waals surface area contributed by atoms with Gasteiger partial charge in [-0.3, -0.25) is 4.79 Å². The molecule has 0 aliphatic carbocycles. The van der Waals surface area contributed by atoms with Crippen LogP contribution in [0.5, 0.6) is 17.2 Å². The number of halogens is 1. The second-order valence-corrected chi connectivity index (χ2v) is 6.05. The molecule has 144 valence electrons. The van der Waals surface area contributed by atoms with E-state index in [2.05, 4.69) is 15.5 Å². The lowest BCUT2D eigenvalue weighted by molar-refractivity contribution is 0.0954. The summed E-state index contributed by atoms with van der Waals surface area (Å²) >= 11 is 6.22. The van der Waals surface area contributed by atoms with Gasteiger partial charge in [0.2, 0.25) is 0 Å². The maximum absolute atomic E-state index is 12.3. The molecule has 3 aromatic rings. The maximum Gasteiger partial charge on any atom is 0.271 e. The van der Waals surface area contributed by atoms with Crippen molar-refractivity contribution in [3.05, 3.63) is 58.7 Å². The van der Waals surface area contributed by atoms with Crippen LogP contribution in [0.15, 0.2) is 47.6 Å². The average molecular weight is 400 g/mol. The second-order valence-electron chi connectivity index (χ2n) is 5.70. The summed E-state index contributed by atoms with van der Waals surface area (Å²) in [5, 5.41) is 5.11.